The van der Waals surface area contributed by atoms with Crippen LogP contribution < -0.4 is 0 Å². The molecular formula is C13H14O2. The van der Waals surface area contributed by atoms with Crippen LogP contribution in [0.25, 0.3) is 0 Å². The molecule has 15 heavy (non-hydrogen) atoms. The van der Waals surface area contributed by atoms with Gasteiger partial charge < -0.3 is 4.74 Å². The van der Waals surface area contributed by atoms with Crippen molar-refractivity contribution in [2.75, 3.05) is 0 Å². The van der Waals surface area contributed by atoms with E-state index in [0.717, 1.165) is 24.8 Å². The lowest BCUT2D eigenvalue weighted by molar-refractivity contribution is -0.161. The van der Waals surface area contributed by atoms with Crippen LogP contribution in [-0.4, -0.2) is 11.4 Å². The van der Waals surface area contributed by atoms with Crippen molar-refractivity contribution < 1.29 is 9.53 Å². The fourth-order valence-corrected chi connectivity index (χ4v) is 2.70. The van der Waals surface area contributed by atoms with Gasteiger partial charge in [0.05, 0.1) is 6.61 Å². The van der Waals surface area contributed by atoms with Crippen molar-refractivity contribution in [3.63, 3.8) is 0 Å². The third-order valence-electron chi connectivity index (χ3n) is 3.65. The first-order valence-corrected chi connectivity index (χ1v) is 5.52. The van der Waals surface area contributed by atoms with Crippen LogP contribution in [0.15, 0.2) is 30.3 Å². The first-order chi connectivity index (χ1) is 7.30. The molecule has 2 atom stereocenters. The number of Topliss-reactive ketones (excluding diaryl/α,β-unsaturated/α-hetero) is 1. The second-order valence-electron chi connectivity index (χ2n) is 4.57. The van der Waals surface area contributed by atoms with Crippen LogP contribution >= 0.6 is 0 Å². The monoisotopic (exact) mass is 202 g/mol. The molecule has 2 nitrogen and oxygen atoms in total. The number of rotatable bonds is 3. The minimum absolute atomic E-state index is 0.320. The van der Waals surface area contributed by atoms with Crippen molar-refractivity contribution in [2.24, 2.45) is 5.92 Å². The highest BCUT2D eigenvalue weighted by Gasteiger charge is 2.59. The zero-order valence-corrected chi connectivity index (χ0v) is 8.61. The quantitative estimate of drug-likeness (QED) is 0.752. The molecule has 3 aliphatic rings. The molecule has 0 N–H and O–H groups in total. The van der Waals surface area contributed by atoms with Crippen LogP contribution in [-0.2, 0) is 16.1 Å². The fourth-order valence-electron chi connectivity index (χ4n) is 2.70. The first kappa shape index (κ1) is 9.10. The predicted molar refractivity (Wildman–Crippen MR) is 56.3 cm³/mol. The van der Waals surface area contributed by atoms with E-state index >= 15 is 0 Å². The molecule has 0 saturated heterocycles. The number of hydrogen-bond acceptors (Lipinski definition) is 2. The Hall–Kier alpha value is -1.15. The third-order valence-corrected chi connectivity index (χ3v) is 3.65. The van der Waals surface area contributed by atoms with Crippen LogP contribution in [0.4, 0.5) is 0 Å². The number of ether oxygens (including phenoxy) is 1. The van der Waals surface area contributed by atoms with Crippen LogP contribution in [0.2, 0.25) is 0 Å². The number of fused-ring (bicyclic) bond motifs is 1. The predicted octanol–water partition coefficient (Wildman–Crippen LogP) is 2.32. The van der Waals surface area contributed by atoms with Gasteiger partial charge in [0.25, 0.3) is 0 Å². The molecule has 0 heterocycles. The van der Waals surface area contributed by atoms with Gasteiger partial charge in [0.15, 0.2) is 5.78 Å². The summed E-state index contributed by atoms with van der Waals surface area (Å²) >= 11 is 0. The molecule has 3 aliphatic carbocycles. The summed E-state index contributed by atoms with van der Waals surface area (Å²) in [6, 6.07) is 10.0. The van der Waals surface area contributed by atoms with Gasteiger partial charge in [-0.1, -0.05) is 30.3 Å². The lowest BCUT2D eigenvalue weighted by Crippen LogP contribution is -2.49. The van der Waals surface area contributed by atoms with Crippen molar-refractivity contribution in [2.45, 2.75) is 31.5 Å². The highest BCUT2D eigenvalue weighted by atomic mass is 16.5. The molecule has 78 valence electrons. The molecule has 2 unspecified atom stereocenters. The molecule has 3 fully saturated rings. The van der Waals surface area contributed by atoms with Gasteiger partial charge in [0, 0.05) is 5.92 Å². The molecule has 1 aromatic rings. The highest BCUT2D eigenvalue weighted by Crippen LogP contribution is 2.51. The summed E-state index contributed by atoms with van der Waals surface area (Å²) in [7, 11) is 0. The minimum Gasteiger partial charge on any atom is -0.363 e. The average Bonchev–Trinajstić information content (AvgIpc) is 2.85. The molecule has 1 aromatic carbocycles. The first-order valence-electron chi connectivity index (χ1n) is 5.52. The standard InChI is InChI=1S/C13H14O2/c14-12-11-6-7-13(12,8-11)15-9-10-4-2-1-3-5-10/h1-5,11H,6-9H2. The van der Waals surface area contributed by atoms with Crippen molar-refractivity contribution >= 4 is 5.78 Å². The number of hydrogen-bond donors (Lipinski definition) is 0. The molecule has 0 radical (unpaired) electrons. The van der Waals surface area contributed by atoms with E-state index in [2.05, 4.69) is 0 Å². The van der Waals surface area contributed by atoms with Gasteiger partial charge in [0.2, 0.25) is 0 Å². The molecule has 0 spiro atoms. The summed E-state index contributed by atoms with van der Waals surface area (Å²) in [6.45, 7) is 0.569. The normalized spacial score (nSPS) is 32.8. The van der Waals surface area contributed by atoms with Gasteiger partial charge in [-0.25, -0.2) is 0 Å². The maximum atomic E-state index is 11.6. The summed E-state index contributed by atoms with van der Waals surface area (Å²) < 4.78 is 5.81. The summed E-state index contributed by atoms with van der Waals surface area (Å²) in [6.07, 6.45) is 2.93. The van der Waals surface area contributed by atoms with E-state index < -0.39 is 0 Å². The van der Waals surface area contributed by atoms with E-state index in [1.54, 1.807) is 0 Å². The second kappa shape index (κ2) is 3.17. The Balaban J connectivity index is 1.66. The maximum absolute atomic E-state index is 11.6. The third kappa shape index (κ3) is 1.32. The van der Waals surface area contributed by atoms with Crippen LogP contribution in [0, 0.1) is 5.92 Å². The van der Waals surface area contributed by atoms with E-state index in [1.165, 1.54) is 0 Å². The molecule has 0 amide bonds. The molecule has 0 aliphatic heterocycles. The SMILES string of the molecule is O=C1C2CCC1(OCc1ccccc1)C2. The highest BCUT2D eigenvalue weighted by molar-refractivity contribution is 5.97. The van der Waals surface area contributed by atoms with Gasteiger partial charge in [-0.15, -0.1) is 0 Å². The summed E-state index contributed by atoms with van der Waals surface area (Å²) in [4.78, 5) is 11.6. The number of benzene rings is 1. The van der Waals surface area contributed by atoms with E-state index in [-0.39, 0.29) is 5.60 Å². The van der Waals surface area contributed by atoms with Gasteiger partial charge in [0.1, 0.15) is 5.60 Å². The zero-order chi connectivity index (χ0) is 10.3. The van der Waals surface area contributed by atoms with Crippen LogP contribution in [0.5, 0.6) is 0 Å². The van der Waals surface area contributed by atoms with Gasteiger partial charge in [-0.2, -0.15) is 0 Å². The van der Waals surface area contributed by atoms with E-state index in [9.17, 15) is 4.79 Å². The summed E-state index contributed by atoms with van der Waals surface area (Å²) in [5.41, 5.74) is 0.760. The lowest BCUT2D eigenvalue weighted by atomic mass is 9.78. The molecular weight excluding hydrogens is 188 g/mol. The lowest BCUT2D eigenvalue weighted by Gasteiger charge is -2.36. The molecule has 2 bridgehead atoms. The molecule has 3 saturated carbocycles. The van der Waals surface area contributed by atoms with E-state index in [0.29, 0.717) is 18.3 Å². The van der Waals surface area contributed by atoms with Gasteiger partial charge >= 0.3 is 0 Å². The number of carbonyl (C=O) groups excluding carboxylic acids is 1. The summed E-state index contributed by atoms with van der Waals surface area (Å²) in [5, 5.41) is 0. The molecule has 0 aromatic heterocycles. The van der Waals surface area contributed by atoms with E-state index in [1.807, 2.05) is 30.3 Å². The maximum Gasteiger partial charge on any atom is 0.167 e. The zero-order valence-electron chi connectivity index (χ0n) is 8.61. The minimum atomic E-state index is -0.388. The van der Waals surface area contributed by atoms with E-state index in [4.69, 9.17) is 4.74 Å². The Morgan fingerprint density at radius 1 is 1.33 bits per heavy atom. The van der Waals surface area contributed by atoms with Crippen LogP contribution in [0.1, 0.15) is 24.8 Å². The fraction of sp³-hybridized carbons (Fsp3) is 0.462. The Kier molecular flexibility index (Phi) is 1.93. The topological polar surface area (TPSA) is 26.3 Å². The largest absolute Gasteiger partial charge is 0.363 e. The Morgan fingerprint density at radius 3 is 2.73 bits per heavy atom. The Morgan fingerprint density at radius 2 is 2.13 bits per heavy atom. The number of carbonyl (C=O) groups is 1. The Labute approximate surface area is 89.2 Å². The molecule has 2 heteroatoms. The van der Waals surface area contributed by atoms with Gasteiger partial charge in [-0.05, 0) is 24.8 Å². The van der Waals surface area contributed by atoms with Crippen molar-refractivity contribution in [1.82, 2.24) is 0 Å². The Bertz CT molecular complexity index is 381. The van der Waals surface area contributed by atoms with Crippen molar-refractivity contribution in [1.29, 1.82) is 0 Å². The van der Waals surface area contributed by atoms with Gasteiger partial charge in [-0.3, -0.25) is 4.79 Å². The second-order valence-corrected chi connectivity index (χ2v) is 4.57. The smallest absolute Gasteiger partial charge is 0.167 e. The summed E-state index contributed by atoms with van der Waals surface area (Å²) in [5.74, 6) is 0.666. The van der Waals surface area contributed by atoms with Crippen molar-refractivity contribution in [3.8, 4) is 0 Å². The molecule has 4 rings (SSSR count). The van der Waals surface area contributed by atoms with Crippen LogP contribution in [0.3, 0.4) is 0 Å². The average molecular weight is 202 g/mol. The number of ketones is 1. The van der Waals surface area contributed by atoms with Crippen molar-refractivity contribution in [3.05, 3.63) is 35.9 Å².